The van der Waals surface area contributed by atoms with Gasteiger partial charge in [0, 0.05) is 0 Å². The van der Waals surface area contributed by atoms with Crippen molar-refractivity contribution >= 4 is 15.9 Å². The van der Waals surface area contributed by atoms with Crippen molar-refractivity contribution in [2.75, 3.05) is 7.11 Å². The second-order valence-electron chi connectivity index (χ2n) is 1.91. The summed E-state index contributed by atoms with van der Waals surface area (Å²) in [5, 5.41) is 9.09. The maximum absolute atomic E-state index is 12.7. The molecule has 0 amide bonds. The van der Waals surface area contributed by atoms with Crippen molar-refractivity contribution in [2.24, 2.45) is 0 Å². The average Bonchev–Trinajstić information content (AvgIpc) is 1.99. The number of ether oxygens (including phenoxy) is 1. The molecule has 0 spiro atoms. The third-order valence-corrected chi connectivity index (χ3v) is 1.97. The van der Waals surface area contributed by atoms with Crippen LogP contribution in [0.15, 0.2) is 16.6 Å². The molecule has 1 aromatic rings. The van der Waals surface area contributed by atoms with Gasteiger partial charge in [-0.1, -0.05) is 0 Å². The molecule has 1 aromatic carbocycles. The lowest BCUT2D eigenvalue weighted by Crippen LogP contribution is -1.87. The second kappa shape index (κ2) is 3.09. The fourth-order valence-electron chi connectivity index (χ4n) is 0.716. The van der Waals surface area contributed by atoms with Crippen LogP contribution < -0.4 is 4.74 Å². The van der Waals surface area contributed by atoms with Gasteiger partial charge in [0.25, 0.3) is 0 Å². The van der Waals surface area contributed by atoms with E-state index in [1.807, 2.05) is 0 Å². The molecular weight excluding hydrogens is 215 g/mol. The first-order chi connectivity index (χ1) is 5.16. The highest BCUT2D eigenvalue weighted by Gasteiger charge is 2.09. The fourth-order valence-corrected chi connectivity index (χ4v) is 1.21. The number of rotatable bonds is 1. The highest BCUT2D eigenvalue weighted by molar-refractivity contribution is 9.10. The molecule has 2 nitrogen and oxygen atoms in total. The standard InChI is InChI=1S/C7H6BrFO2/c1-11-7-5(10)3-2-4(9)6(7)8/h2-3,10H,1H3. The van der Waals surface area contributed by atoms with Crippen molar-refractivity contribution in [1.82, 2.24) is 0 Å². The van der Waals surface area contributed by atoms with E-state index >= 15 is 0 Å². The zero-order chi connectivity index (χ0) is 8.43. The van der Waals surface area contributed by atoms with E-state index in [-0.39, 0.29) is 16.0 Å². The maximum atomic E-state index is 12.7. The Bertz CT molecular complexity index is 275. The second-order valence-corrected chi connectivity index (χ2v) is 2.71. The summed E-state index contributed by atoms with van der Waals surface area (Å²) in [6.07, 6.45) is 0. The molecule has 0 aliphatic carbocycles. The van der Waals surface area contributed by atoms with Crippen molar-refractivity contribution in [3.05, 3.63) is 22.4 Å². The molecule has 0 heterocycles. The Hall–Kier alpha value is -0.770. The molecule has 1 N–H and O–H groups in total. The Balaban J connectivity index is 3.29. The van der Waals surface area contributed by atoms with E-state index in [0.29, 0.717) is 0 Å². The summed E-state index contributed by atoms with van der Waals surface area (Å²) in [6, 6.07) is 2.39. The highest BCUT2D eigenvalue weighted by atomic mass is 79.9. The van der Waals surface area contributed by atoms with E-state index in [1.165, 1.54) is 13.2 Å². The molecule has 11 heavy (non-hydrogen) atoms. The average molecular weight is 221 g/mol. The zero-order valence-corrected chi connectivity index (χ0v) is 7.35. The van der Waals surface area contributed by atoms with Gasteiger partial charge < -0.3 is 9.84 Å². The predicted octanol–water partition coefficient (Wildman–Crippen LogP) is 2.30. The topological polar surface area (TPSA) is 29.5 Å². The molecule has 0 saturated heterocycles. The molecule has 4 heteroatoms. The van der Waals surface area contributed by atoms with E-state index in [0.717, 1.165) is 6.07 Å². The maximum Gasteiger partial charge on any atom is 0.177 e. The van der Waals surface area contributed by atoms with Crippen LogP contribution in [0.25, 0.3) is 0 Å². The fraction of sp³-hybridized carbons (Fsp3) is 0.143. The summed E-state index contributed by atoms with van der Waals surface area (Å²) in [5.41, 5.74) is 0. The highest BCUT2D eigenvalue weighted by Crippen LogP contribution is 2.35. The molecule has 0 aliphatic heterocycles. The molecule has 0 aliphatic rings. The van der Waals surface area contributed by atoms with E-state index in [4.69, 9.17) is 9.84 Å². The van der Waals surface area contributed by atoms with Crippen molar-refractivity contribution in [2.45, 2.75) is 0 Å². The lowest BCUT2D eigenvalue weighted by Gasteiger charge is -2.04. The van der Waals surface area contributed by atoms with E-state index in [9.17, 15) is 4.39 Å². The van der Waals surface area contributed by atoms with Crippen LogP contribution in [0.3, 0.4) is 0 Å². The van der Waals surface area contributed by atoms with Gasteiger partial charge in [0.15, 0.2) is 11.5 Å². The number of phenols is 1. The number of benzene rings is 1. The van der Waals surface area contributed by atoms with Gasteiger partial charge in [-0.25, -0.2) is 4.39 Å². The summed E-state index contributed by atoms with van der Waals surface area (Å²) in [4.78, 5) is 0. The molecule has 1 rings (SSSR count). The number of methoxy groups -OCH3 is 1. The Kier molecular flexibility index (Phi) is 2.34. The largest absolute Gasteiger partial charge is 0.504 e. The number of aromatic hydroxyl groups is 1. The summed E-state index contributed by atoms with van der Waals surface area (Å²) in [7, 11) is 1.36. The lowest BCUT2D eigenvalue weighted by atomic mass is 10.3. The van der Waals surface area contributed by atoms with Gasteiger partial charge in [-0.05, 0) is 28.1 Å². The SMILES string of the molecule is COc1c(O)ccc(F)c1Br. The van der Waals surface area contributed by atoms with Gasteiger partial charge >= 0.3 is 0 Å². The monoisotopic (exact) mass is 220 g/mol. The minimum absolute atomic E-state index is 0.0826. The van der Waals surface area contributed by atoms with Crippen molar-refractivity contribution in [3.63, 3.8) is 0 Å². The lowest BCUT2D eigenvalue weighted by molar-refractivity contribution is 0.367. The summed E-state index contributed by atoms with van der Waals surface area (Å²) >= 11 is 2.93. The Morgan fingerprint density at radius 1 is 1.55 bits per heavy atom. The number of hydrogen-bond donors (Lipinski definition) is 1. The third kappa shape index (κ3) is 1.45. The van der Waals surface area contributed by atoms with Gasteiger partial charge in [-0.2, -0.15) is 0 Å². The van der Waals surface area contributed by atoms with E-state index in [2.05, 4.69) is 15.9 Å². The molecule has 0 bridgehead atoms. The normalized spacial score (nSPS) is 9.73. The van der Waals surface area contributed by atoms with Gasteiger partial charge in [-0.3, -0.25) is 0 Å². The molecular formula is C7H6BrFO2. The third-order valence-electron chi connectivity index (χ3n) is 1.23. The summed E-state index contributed by atoms with van der Waals surface area (Å²) < 4.78 is 17.6. The number of hydrogen-bond acceptors (Lipinski definition) is 2. The van der Waals surface area contributed by atoms with Crippen molar-refractivity contribution < 1.29 is 14.2 Å². The first-order valence-electron chi connectivity index (χ1n) is 2.87. The van der Waals surface area contributed by atoms with Crippen LogP contribution in [0, 0.1) is 5.82 Å². The van der Waals surface area contributed by atoms with Crippen LogP contribution in [0.2, 0.25) is 0 Å². The first-order valence-corrected chi connectivity index (χ1v) is 3.67. The smallest absolute Gasteiger partial charge is 0.177 e. The van der Waals surface area contributed by atoms with Crippen molar-refractivity contribution in [1.29, 1.82) is 0 Å². The van der Waals surface area contributed by atoms with Gasteiger partial charge in [0.2, 0.25) is 0 Å². The van der Waals surface area contributed by atoms with Crippen LogP contribution in [-0.2, 0) is 0 Å². The Morgan fingerprint density at radius 3 is 2.64 bits per heavy atom. The van der Waals surface area contributed by atoms with E-state index < -0.39 is 5.82 Å². The summed E-state index contributed by atoms with van der Waals surface area (Å²) in [5.74, 6) is -0.426. The number of phenolic OH excluding ortho intramolecular Hbond substituents is 1. The van der Waals surface area contributed by atoms with Crippen LogP contribution >= 0.6 is 15.9 Å². The van der Waals surface area contributed by atoms with Gasteiger partial charge in [0.1, 0.15) is 5.82 Å². The molecule has 0 saturated carbocycles. The van der Waals surface area contributed by atoms with Crippen LogP contribution in [0.1, 0.15) is 0 Å². The van der Waals surface area contributed by atoms with Crippen LogP contribution in [0.5, 0.6) is 11.5 Å². The van der Waals surface area contributed by atoms with Crippen LogP contribution in [0.4, 0.5) is 4.39 Å². The minimum atomic E-state index is -0.459. The molecule has 0 atom stereocenters. The van der Waals surface area contributed by atoms with Crippen LogP contribution in [-0.4, -0.2) is 12.2 Å². The van der Waals surface area contributed by atoms with Crippen molar-refractivity contribution in [3.8, 4) is 11.5 Å². The van der Waals surface area contributed by atoms with Gasteiger partial charge in [-0.15, -0.1) is 0 Å². The van der Waals surface area contributed by atoms with Gasteiger partial charge in [0.05, 0.1) is 11.6 Å². The molecule has 0 radical (unpaired) electrons. The molecule has 0 aromatic heterocycles. The minimum Gasteiger partial charge on any atom is -0.504 e. The number of halogens is 2. The summed E-state index contributed by atoms with van der Waals surface area (Å²) in [6.45, 7) is 0. The molecule has 0 unspecified atom stereocenters. The Morgan fingerprint density at radius 2 is 2.18 bits per heavy atom. The molecule has 0 fully saturated rings. The molecule has 60 valence electrons. The Labute approximate surface area is 71.7 Å². The quantitative estimate of drug-likeness (QED) is 0.788. The first kappa shape index (κ1) is 8.33. The zero-order valence-electron chi connectivity index (χ0n) is 5.77. The van der Waals surface area contributed by atoms with E-state index in [1.54, 1.807) is 0 Å². The predicted molar refractivity (Wildman–Crippen MR) is 42.3 cm³/mol.